The van der Waals surface area contributed by atoms with Gasteiger partial charge in [-0.15, -0.1) is 0 Å². The summed E-state index contributed by atoms with van der Waals surface area (Å²) in [6, 6.07) is 13.5. The Labute approximate surface area is 177 Å². The Morgan fingerprint density at radius 3 is 2.50 bits per heavy atom. The summed E-state index contributed by atoms with van der Waals surface area (Å²) in [4.78, 5) is 27.1. The lowest BCUT2D eigenvalue weighted by Gasteiger charge is -2.34. The molecule has 0 spiro atoms. The molecular weight excluding hydrogens is 410 g/mol. The molecule has 30 heavy (non-hydrogen) atoms. The van der Waals surface area contributed by atoms with Crippen molar-refractivity contribution in [2.45, 2.75) is 13.1 Å². The standard InChI is InChI=1S/C20H20ClN5O4/c21-17-14-25(22-19(17)26(28)29)13-16-6-7-18(30-16)20(27)24-10-8-23(9-11-24)12-15-4-2-1-3-5-15/h1-7,14H,8-13H2. The van der Waals surface area contributed by atoms with Crippen molar-refractivity contribution in [1.29, 1.82) is 0 Å². The first-order valence-electron chi connectivity index (χ1n) is 9.51. The summed E-state index contributed by atoms with van der Waals surface area (Å²) in [5.74, 6) is 0.141. The maximum Gasteiger partial charge on any atom is 0.408 e. The first kappa shape index (κ1) is 20.1. The lowest BCUT2D eigenvalue weighted by atomic mass is 10.2. The fourth-order valence-corrected chi connectivity index (χ4v) is 3.66. The van der Waals surface area contributed by atoms with E-state index in [1.807, 2.05) is 18.2 Å². The molecule has 1 amide bonds. The van der Waals surface area contributed by atoms with E-state index in [1.165, 1.54) is 16.4 Å². The number of hydrogen-bond acceptors (Lipinski definition) is 6. The van der Waals surface area contributed by atoms with E-state index in [2.05, 4.69) is 22.1 Å². The molecule has 10 heteroatoms. The van der Waals surface area contributed by atoms with Gasteiger partial charge < -0.3 is 19.4 Å². The number of nitro groups is 1. The lowest BCUT2D eigenvalue weighted by Crippen LogP contribution is -2.48. The van der Waals surface area contributed by atoms with Crippen LogP contribution in [0.5, 0.6) is 0 Å². The number of piperazine rings is 1. The van der Waals surface area contributed by atoms with Gasteiger partial charge in [-0.1, -0.05) is 41.9 Å². The van der Waals surface area contributed by atoms with Crippen LogP contribution in [0.25, 0.3) is 0 Å². The van der Waals surface area contributed by atoms with E-state index in [1.54, 1.807) is 17.0 Å². The Kier molecular flexibility index (Phi) is 5.82. The molecule has 1 aliphatic rings. The van der Waals surface area contributed by atoms with Crippen molar-refractivity contribution in [2.75, 3.05) is 26.2 Å². The van der Waals surface area contributed by atoms with Crippen molar-refractivity contribution in [2.24, 2.45) is 0 Å². The van der Waals surface area contributed by atoms with Gasteiger partial charge in [0.1, 0.15) is 12.3 Å². The van der Waals surface area contributed by atoms with Gasteiger partial charge in [0.2, 0.25) is 0 Å². The molecule has 2 aromatic heterocycles. The van der Waals surface area contributed by atoms with Gasteiger partial charge in [-0.25, -0.2) is 0 Å². The van der Waals surface area contributed by atoms with Crippen molar-refractivity contribution >= 4 is 23.3 Å². The van der Waals surface area contributed by atoms with E-state index >= 15 is 0 Å². The second kappa shape index (κ2) is 8.68. The molecule has 3 aromatic rings. The largest absolute Gasteiger partial charge is 0.454 e. The van der Waals surface area contributed by atoms with Gasteiger partial charge in [-0.2, -0.15) is 4.68 Å². The average molecular weight is 430 g/mol. The predicted molar refractivity (Wildman–Crippen MR) is 109 cm³/mol. The lowest BCUT2D eigenvalue weighted by molar-refractivity contribution is -0.389. The van der Waals surface area contributed by atoms with E-state index in [0.29, 0.717) is 18.8 Å². The van der Waals surface area contributed by atoms with Crippen LogP contribution in [0.1, 0.15) is 21.9 Å². The Morgan fingerprint density at radius 1 is 1.10 bits per heavy atom. The van der Waals surface area contributed by atoms with Crippen LogP contribution in [0.2, 0.25) is 5.02 Å². The highest BCUT2D eigenvalue weighted by Gasteiger charge is 2.25. The van der Waals surface area contributed by atoms with Crippen molar-refractivity contribution < 1.29 is 14.1 Å². The number of aromatic nitrogens is 2. The molecule has 0 aliphatic carbocycles. The molecule has 1 aromatic carbocycles. The first-order chi connectivity index (χ1) is 14.5. The normalized spacial score (nSPS) is 14.8. The molecule has 9 nitrogen and oxygen atoms in total. The summed E-state index contributed by atoms with van der Waals surface area (Å²) in [6.45, 7) is 3.86. The quantitative estimate of drug-likeness (QED) is 0.441. The first-order valence-corrected chi connectivity index (χ1v) is 9.89. The number of rotatable bonds is 6. The minimum absolute atomic E-state index is 0.0452. The molecule has 4 rings (SSSR count). The van der Waals surface area contributed by atoms with Gasteiger partial charge in [-0.05, 0) is 22.6 Å². The molecule has 1 aliphatic heterocycles. The molecule has 156 valence electrons. The van der Waals surface area contributed by atoms with Gasteiger partial charge in [0.05, 0.1) is 11.3 Å². The second-order valence-electron chi connectivity index (χ2n) is 7.08. The average Bonchev–Trinajstić information content (AvgIpc) is 3.35. The summed E-state index contributed by atoms with van der Waals surface area (Å²) in [5.41, 5.74) is 1.26. The summed E-state index contributed by atoms with van der Waals surface area (Å²) in [7, 11) is 0. The molecule has 0 bridgehead atoms. The summed E-state index contributed by atoms with van der Waals surface area (Å²) < 4.78 is 6.97. The summed E-state index contributed by atoms with van der Waals surface area (Å²) in [6.07, 6.45) is 1.36. The maximum atomic E-state index is 12.8. The summed E-state index contributed by atoms with van der Waals surface area (Å²) >= 11 is 5.81. The zero-order chi connectivity index (χ0) is 21.1. The van der Waals surface area contributed by atoms with Crippen molar-refractivity contribution in [1.82, 2.24) is 19.6 Å². The Balaban J connectivity index is 1.33. The number of furan rings is 1. The molecule has 0 radical (unpaired) electrons. The van der Waals surface area contributed by atoms with Crippen LogP contribution in [0.15, 0.2) is 53.1 Å². The molecule has 1 saturated heterocycles. The predicted octanol–water partition coefficient (Wildman–Crippen LogP) is 3.04. The highest BCUT2D eigenvalue weighted by atomic mass is 35.5. The second-order valence-corrected chi connectivity index (χ2v) is 7.48. The van der Waals surface area contributed by atoms with Crippen LogP contribution in [0, 0.1) is 10.1 Å². The number of halogens is 1. The van der Waals surface area contributed by atoms with Crippen LogP contribution in [-0.2, 0) is 13.1 Å². The minimum atomic E-state index is -0.645. The molecule has 0 N–H and O–H groups in total. The fourth-order valence-electron chi connectivity index (χ4n) is 3.44. The third-order valence-electron chi connectivity index (χ3n) is 4.97. The van der Waals surface area contributed by atoms with Crippen LogP contribution in [0.4, 0.5) is 5.82 Å². The number of carbonyl (C=O) groups is 1. The summed E-state index contributed by atoms with van der Waals surface area (Å²) in [5, 5.41) is 14.6. The number of benzene rings is 1. The third kappa shape index (κ3) is 4.52. The maximum absolute atomic E-state index is 12.8. The smallest absolute Gasteiger partial charge is 0.408 e. The topological polar surface area (TPSA) is 97.6 Å². The highest BCUT2D eigenvalue weighted by molar-refractivity contribution is 6.32. The molecule has 0 saturated carbocycles. The Bertz CT molecular complexity index is 1040. The van der Waals surface area contributed by atoms with E-state index in [0.717, 1.165) is 19.6 Å². The monoisotopic (exact) mass is 429 g/mol. The number of carbonyl (C=O) groups excluding carboxylic acids is 1. The van der Waals surface area contributed by atoms with Gasteiger partial charge in [0, 0.05) is 32.7 Å². The fraction of sp³-hybridized carbons (Fsp3) is 0.300. The minimum Gasteiger partial charge on any atom is -0.454 e. The van der Waals surface area contributed by atoms with Crippen molar-refractivity contribution in [3.05, 3.63) is 80.9 Å². The number of nitrogens with zero attached hydrogens (tertiary/aromatic N) is 5. The number of hydrogen-bond donors (Lipinski definition) is 0. The van der Waals surface area contributed by atoms with Crippen LogP contribution < -0.4 is 0 Å². The SMILES string of the molecule is O=C(c1ccc(Cn2cc(Cl)c([N+](=O)[O-])n2)o1)N1CCN(Cc2ccccc2)CC1. The number of amides is 1. The van der Waals surface area contributed by atoms with E-state index in [4.69, 9.17) is 16.0 Å². The molecule has 0 unspecified atom stereocenters. The zero-order valence-electron chi connectivity index (χ0n) is 16.1. The third-order valence-corrected chi connectivity index (χ3v) is 5.24. The van der Waals surface area contributed by atoms with Gasteiger partial charge in [-0.3, -0.25) is 9.69 Å². The van der Waals surface area contributed by atoms with Gasteiger partial charge in [0.15, 0.2) is 10.8 Å². The molecule has 1 fully saturated rings. The van der Waals surface area contributed by atoms with Crippen molar-refractivity contribution in [3.8, 4) is 0 Å². The van der Waals surface area contributed by atoms with Crippen LogP contribution in [-0.4, -0.2) is 56.6 Å². The van der Waals surface area contributed by atoms with Gasteiger partial charge >= 0.3 is 5.82 Å². The zero-order valence-corrected chi connectivity index (χ0v) is 16.9. The molecular formula is C20H20ClN5O4. The molecule has 0 atom stereocenters. The molecule has 3 heterocycles. The van der Waals surface area contributed by atoms with E-state index < -0.39 is 10.7 Å². The van der Waals surface area contributed by atoms with Gasteiger partial charge in [0.25, 0.3) is 5.91 Å². The van der Waals surface area contributed by atoms with Crippen LogP contribution in [0.3, 0.4) is 0 Å². The van der Waals surface area contributed by atoms with Crippen molar-refractivity contribution in [3.63, 3.8) is 0 Å². The van der Waals surface area contributed by atoms with E-state index in [-0.39, 0.29) is 23.2 Å². The van der Waals surface area contributed by atoms with Crippen LogP contribution >= 0.6 is 11.6 Å². The Morgan fingerprint density at radius 2 is 1.83 bits per heavy atom. The van der Waals surface area contributed by atoms with E-state index in [9.17, 15) is 14.9 Å². The Hall–Kier alpha value is -3.17. The highest BCUT2D eigenvalue weighted by Crippen LogP contribution is 2.22.